The first-order valence-corrected chi connectivity index (χ1v) is 9.73. The third-order valence-corrected chi connectivity index (χ3v) is 4.89. The molecule has 0 aliphatic carbocycles. The number of aryl methyl sites for hydroxylation is 4. The molecule has 0 bridgehead atoms. The van der Waals surface area contributed by atoms with E-state index in [9.17, 15) is 9.59 Å². The van der Waals surface area contributed by atoms with E-state index in [0.717, 1.165) is 22.3 Å². The summed E-state index contributed by atoms with van der Waals surface area (Å²) in [6, 6.07) is 18.3. The van der Waals surface area contributed by atoms with Gasteiger partial charge in [-0.2, -0.15) is 5.10 Å². The Morgan fingerprint density at radius 3 is 2.07 bits per heavy atom. The van der Waals surface area contributed by atoms with Crippen molar-refractivity contribution in [3.63, 3.8) is 0 Å². The van der Waals surface area contributed by atoms with Crippen LogP contribution in [0.3, 0.4) is 0 Å². The second-order valence-electron chi connectivity index (χ2n) is 7.36. The second kappa shape index (κ2) is 9.18. The lowest BCUT2D eigenvalue weighted by molar-refractivity contribution is 0.0954. The number of nitrogens with one attached hydrogen (secondary N) is 2. The Morgan fingerprint density at radius 1 is 0.800 bits per heavy atom. The molecule has 0 spiro atoms. The van der Waals surface area contributed by atoms with Crippen molar-refractivity contribution in [3.8, 4) is 0 Å². The average molecular weight is 399 g/mol. The number of anilines is 1. The van der Waals surface area contributed by atoms with Crippen molar-refractivity contribution in [3.05, 3.63) is 99.6 Å². The van der Waals surface area contributed by atoms with E-state index < -0.39 is 0 Å². The van der Waals surface area contributed by atoms with E-state index in [4.69, 9.17) is 0 Å². The fraction of sp³-hybridized carbons (Fsp3) is 0.160. The Kier molecular flexibility index (Phi) is 6.42. The van der Waals surface area contributed by atoms with Crippen LogP contribution >= 0.6 is 0 Å². The Hall–Kier alpha value is -3.73. The lowest BCUT2D eigenvalue weighted by Gasteiger charge is -2.08. The first kappa shape index (κ1) is 21.0. The van der Waals surface area contributed by atoms with Crippen molar-refractivity contribution < 1.29 is 9.59 Å². The molecule has 0 fully saturated rings. The number of hydrazone groups is 1. The van der Waals surface area contributed by atoms with Crippen LogP contribution in [0.25, 0.3) is 0 Å². The number of carbonyl (C=O) groups is 2. The van der Waals surface area contributed by atoms with E-state index in [1.165, 1.54) is 5.56 Å². The number of amides is 2. The van der Waals surface area contributed by atoms with Crippen LogP contribution in [0.15, 0.2) is 65.8 Å². The molecule has 5 nitrogen and oxygen atoms in total. The van der Waals surface area contributed by atoms with Gasteiger partial charge in [-0.1, -0.05) is 35.9 Å². The van der Waals surface area contributed by atoms with Gasteiger partial charge in [0.05, 0.1) is 6.21 Å². The second-order valence-corrected chi connectivity index (χ2v) is 7.36. The molecular weight excluding hydrogens is 374 g/mol. The maximum absolute atomic E-state index is 12.4. The van der Waals surface area contributed by atoms with Gasteiger partial charge in [0.1, 0.15) is 0 Å². The van der Waals surface area contributed by atoms with Crippen molar-refractivity contribution in [1.29, 1.82) is 0 Å². The van der Waals surface area contributed by atoms with Gasteiger partial charge in [-0.3, -0.25) is 9.59 Å². The summed E-state index contributed by atoms with van der Waals surface area (Å²) < 4.78 is 0. The number of hydrogen-bond donors (Lipinski definition) is 2. The van der Waals surface area contributed by atoms with E-state index in [1.54, 1.807) is 36.5 Å². The average Bonchev–Trinajstić information content (AvgIpc) is 2.70. The molecule has 0 aromatic heterocycles. The minimum atomic E-state index is -0.314. The Morgan fingerprint density at radius 2 is 1.43 bits per heavy atom. The zero-order valence-electron chi connectivity index (χ0n) is 17.6. The lowest BCUT2D eigenvalue weighted by atomic mass is 10.0. The topological polar surface area (TPSA) is 70.6 Å². The lowest BCUT2D eigenvalue weighted by Crippen LogP contribution is -2.18. The van der Waals surface area contributed by atoms with Crippen molar-refractivity contribution in [1.82, 2.24) is 5.43 Å². The van der Waals surface area contributed by atoms with E-state index >= 15 is 0 Å². The van der Waals surface area contributed by atoms with Crippen molar-refractivity contribution >= 4 is 23.7 Å². The van der Waals surface area contributed by atoms with Gasteiger partial charge in [0.2, 0.25) is 0 Å². The molecule has 0 heterocycles. The third-order valence-electron chi connectivity index (χ3n) is 4.89. The highest BCUT2D eigenvalue weighted by Gasteiger charge is 2.10. The zero-order chi connectivity index (χ0) is 21.7. The van der Waals surface area contributed by atoms with Crippen molar-refractivity contribution in [2.24, 2.45) is 5.10 Å². The maximum atomic E-state index is 12.4. The summed E-state index contributed by atoms with van der Waals surface area (Å²) in [7, 11) is 0. The van der Waals surface area contributed by atoms with Crippen LogP contribution in [-0.2, 0) is 0 Å². The molecular formula is C25H25N3O2. The molecule has 3 aromatic carbocycles. The molecule has 0 radical (unpaired) electrons. The van der Waals surface area contributed by atoms with Gasteiger partial charge in [0.15, 0.2) is 0 Å². The summed E-state index contributed by atoms with van der Waals surface area (Å²) in [5.74, 6) is -0.496. The molecule has 0 aliphatic rings. The van der Waals surface area contributed by atoms with Gasteiger partial charge in [0, 0.05) is 22.4 Å². The van der Waals surface area contributed by atoms with Crippen LogP contribution in [0, 0.1) is 27.7 Å². The predicted molar refractivity (Wildman–Crippen MR) is 121 cm³/mol. The van der Waals surface area contributed by atoms with Crippen LogP contribution in [0.4, 0.5) is 5.69 Å². The molecule has 152 valence electrons. The number of carbonyl (C=O) groups excluding carboxylic acids is 2. The number of benzene rings is 3. The third kappa shape index (κ3) is 5.00. The molecule has 2 N–H and O–H groups in total. The predicted octanol–water partition coefficient (Wildman–Crippen LogP) is 4.94. The van der Waals surface area contributed by atoms with Gasteiger partial charge < -0.3 is 5.32 Å². The van der Waals surface area contributed by atoms with Gasteiger partial charge in [0.25, 0.3) is 11.8 Å². The summed E-state index contributed by atoms with van der Waals surface area (Å²) in [6.07, 6.45) is 1.67. The standard InChI is InChI=1S/C25H25N3O2/c1-16-13-18(3)23(19(4)14-16)15-26-28-24(29)20-9-11-21(12-10-20)27-25(30)22-8-6-5-7-17(22)2/h5-15H,1-4H3,(H,27,30)(H,28,29)/b26-15+. The fourth-order valence-corrected chi connectivity index (χ4v) is 3.35. The first-order valence-electron chi connectivity index (χ1n) is 9.73. The largest absolute Gasteiger partial charge is 0.322 e. The highest BCUT2D eigenvalue weighted by atomic mass is 16.2. The van der Waals surface area contributed by atoms with E-state index in [-0.39, 0.29) is 11.8 Å². The molecule has 0 atom stereocenters. The maximum Gasteiger partial charge on any atom is 0.271 e. The monoisotopic (exact) mass is 399 g/mol. The fourth-order valence-electron chi connectivity index (χ4n) is 3.35. The van der Waals surface area contributed by atoms with E-state index in [2.05, 4.69) is 34.9 Å². The van der Waals surface area contributed by atoms with Crippen molar-refractivity contribution in [2.75, 3.05) is 5.32 Å². The number of nitrogens with zero attached hydrogens (tertiary/aromatic N) is 1. The molecule has 0 saturated heterocycles. The molecule has 3 aromatic rings. The molecule has 0 unspecified atom stereocenters. The minimum Gasteiger partial charge on any atom is -0.322 e. The molecule has 2 amide bonds. The van der Waals surface area contributed by atoms with E-state index in [1.807, 2.05) is 39.0 Å². The first-order chi connectivity index (χ1) is 14.3. The Labute approximate surface area is 176 Å². The summed E-state index contributed by atoms with van der Waals surface area (Å²) in [5.41, 5.74) is 9.57. The summed E-state index contributed by atoms with van der Waals surface area (Å²) in [5, 5.41) is 6.94. The van der Waals surface area contributed by atoms with Crippen LogP contribution in [-0.4, -0.2) is 18.0 Å². The van der Waals surface area contributed by atoms with Crippen LogP contribution < -0.4 is 10.7 Å². The van der Waals surface area contributed by atoms with E-state index in [0.29, 0.717) is 16.8 Å². The normalized spacial score (nSPS) is 10.8. The van der Waals surface area contributed by atoms with Crippen LogP contribution in [0.5, 0.6) is 0 Å². The summed E-state index contributed by atoms with van der Waals surface area (Å²) in [6.45, 7) is 7.98. The van der Waals surface area contributed by atoms with Gasteiger partial charge in [-0.25, -0.2) is 5.43 Å². The van der Waals surface area contributed by atoms with Gasteiger partial charge >= 0.3 is 0 Å². The quantitative estimate of drug-likeness (QED) is 0.471. The van der Waals surface area contributed by atoms with Crippen molar-refractivity contribution in [2.45, 2.75) is 27.7 Å². The highest BCUT2D eigenvalue weighted by molar-refractivity contribution is 6.05. The Balaban J connectivity index is 1.63. The summed E-state index contributed by atoms with van der Waals surface area (Å²) >= 11 is 0. The van der Waals surface area contributed by atoms with Crippen LogP contribution in [0.1, 0.15) is 48.5 Å². The molecule has 5 heteroatoms. The van der Waals surface area contributed by atoms with Crippen LogP contribution in [0.2, 0.25) is 0 Å². The van der Waals surface area contributed by atoms with Gasteiger partial charge in [-0.05, 0) is 74.7 Å². The molecule has 0 saturated carbocycles. The smallest absolute Gasteiger partial charge is 0.271 e. The van der Waals surface area contributed by atoms with Gasteiger partial charge in [-0.15, -0.1) is 0 Å². The SMILES string of the molecule is Cc1cc(C)c(/C=N/NC(=O)c2ccc(NC(=O)c3ccccc3C)cc2)c(C)c1. The minimum absolute atomic E-state index is 0.182. The molecule has 30 heavy (non-hydrogen) atoms. The zero-order valence-corrected chi connectivity index (χ0v) is 17.6. The number of rotatable bonds is 5. The Bertz CT molecular complexity index is 1090. The molecule has 0 aliphatic heterocycles. The highest BCUT2D eigenvalue weighted by Crippen LogP contribution is 2.15. The number of hydrogen-bond acceptors (Lipinski definition) is 3. The summed E-state index contributed by atoms with van der Waals surface area (Å²) in [4.78, 5) is 24.7. The molecule has 3 rings (SSSR count).